The van der Waals surface area contributed by atoms with Crippen molar-refractivity contribution in [2.24, 2.45) is 0 Å². The highest BCUT2D eigenvalue weighted by Crippen LogP contribution is 2.33. The van der Waals surface area contributed by atoms with Crippen LogP contribution in [0.2, 0.25) is 5.02 Å². The molecule has 0 spiro atoms. The molecular formula is C17H15ClN2O4S. The molecule has 2 aromatic carbocycles. The van der Waals surface area contributed by atoms with Crippen LogP contribution in [0.25, 0.3) is 10.2 Å². The molecule has 0 radical (unpaired) electrons. The van der Waals surface area contributed by atoms with E-state index >= 15 is 0 Å². The Labute approximate surface area is 153 Å². The Morgan fingerprint density at radius 1 is 1.20 bits per heavy atom. The SMILES string of the molecule is CONC(=O)[C@@H](C)Oc1ccc(Oc2nc3ccc(Cl)cc3s2)cc1. The van der Waals surface area contributed by atoms with Gasteiger partial charge in [-0.05, 0) is 49.4 Å². The number of hydroxylamine groups is 1. The van der Waals surface area contributed by atoms with Crippen molar-refractivity contribution in [2.45, 2.75) is 13.0 Å². The molecule has 1 heterocycles. The van der Waals surface area contributed by atoms with Gasteiger partial charge in [0.2, 0.25) is 0 Å². The van der Waals surface area contributed by atoms with Gasteiger partial charge in [-0.3, -0.25) is 9.63 Å². The highest BCUT2D eigenvalue weighted by Gasteiger charge is 2.14. The van der Waals surface area contributed by atoms with Crippen LogP contribution in [0.5, 0.6) is 16.7 Å². The third-order valence-electron chi connectivity index (χ3n) is 3.24. The summed E-state index contributed by atoms with van der Waals surface area (Å²) in [6.45, 7) is 1.63. The Balaban J connectivity index is 1.66. The van der Waals surface area contributed by atoms with Gasteiger partial charge in [-0.2, -0.15) is 0 Å². The van der Waals surface area contributed by atoms with Gasteiger partial charge in [0.25, 0.3) is 11.1 Å². The van der Waals surface area contributed by atoms with Gasteiger partial charge < -0.3 is 9.47 Å². The van der Waals surface area contributed by atoms with E-state index in [1.54, 1.807) is 37.3 Å². The normalized spacial score (nSPS) is 12.0. The molecular weight excluding hydrogens is 364 g/mol. The molecule has 1 aromatic heterocycles. The Bertz CT molecular complexity index is 882. The first-order valence-electron chi connectivity index (χ1n) is 7.38. The lowest BCUT2D eigenvalue weighted by Gasteiger charge is -2.13. The molecule has 130 valence electrons. The number of nitrogens with zero attached hydrogens (tertiary/aromatic N) is 1. The number of carbonyl (C=O) groups excluding carboxylic acids is 1. The van der Waals surface area contributed by atoms with Crippen molar-refractivity contribution in [3.63, 3.8) is 0 Å². The number of nitrogens with one attached hydrogen (secondary N) is 1. The molecule has 1 N–H and O–H groups in total. The van der Waals surface area contributed by atoms with Crippen LogP contribution in [0.1, 0.15) is 6.92 Å². The second kappa shape index (κ2) is 7.69. The zero-order valence-corrected chi connectivity index (χ0v) is 15.1. The summed E-state index contributed by atoms with van der Waals surface area (Å²) in [7, 11) is 1.37. The van der Waals surface area contributed by atoms with E-state index in [4.69, 9.17) is 21.1 Å². The molecule has 0 aliphatic carbocycles. The smallest absolute Gasteiger partial charge is 0.284 e. The number of carbonyl (C=O) groups is 1. The summed E-state index contributed by atoms with van der Waals surface area (Å²) in [6, 6.07) is 12.4. The lowest BCUT2D eigenvalue weighted by molar-refractivity contribution is -0.137. The second-order valence-electron chi connectivity index (χ2n) is 5.10. The summed E-state index contributed by atoms with van der Waals surface area (Å²) < 4.78 is 12.2. The van der Waals surface area contributed by atoms with E-state index < -0.39 is 6.10 Å². The quantitative estimate of drug-likeness (QED) is 0.651. The zero-order chi connectivity index (χ0) is 17.8. The fourth-order valence-corrected chi connectivity index (χ4v) is 3.16. The minimum absolute atomic E-state index is 0.365. The molecule has 6 nitrogen and oxygen atoms in total. The fourth-order valence-electron chi connectivity index (χ4n) is 2.05. The minimum Gasteiger partial charge on any atom is -0.481 e. The second-order valence-corrected chi connectivity index (χ2v) is 6.53. The molecule has 0 saturated carbocycles. The first-order chi connectivity index (χ1) is 12.0. The molecule has 0 aliphatic rings. The molecule has 0 saturated heterocycles. The van der Waals surface area contributed by atoms with Crippen molar-refractivity contribution in [1.82, 2.24) is 10.5 Å². The Morgan fingerprint density at radius 2 is 1.92 bits per heavy atom. The van der Waals surface area contributed by atoms with Crippen molar-refractivity contribution < 1.29 is 19.1 Å². The molecule has 3 rings (SSSR count). The molecule has 1 amide bonds. The van der Waals surface area contributed by atoms with Crippen molar-refractivity contribution in [3.05, 3.63) is 47.5 Å². The third kappa shape index (κ3) is 4.39. The summed E-state index contributed by atoms with van der Waals surface area (Å²) in [5, 5.41) is 1.19. The topological polar surface area (TPSA) is 69.7 Å². The number of hydrogen-bond acceptors (Lipinski definition) is 6. The summed E-state index contributed by atoms with van der Waals surface area (Å²) in [5.74, 6) is 0.796. The molecule has 0 bridgehead atoms. The monoisotopic (exact) mass is 378 g/mol. The Kier molecular flexibility index (Phi) is 5.37. The molecule has 0 aliphatic heterocycles. The number of benzene rings is 2. The Hall–Kier alpha value is -2.35. The fraction of sp³-hybridized carbons (Fsp3) is 0.176. The number of thiazole rings is 1. The molecule has 8 heteroatoms. The first kappa shape index (κ1) is 17.5. The van der Waals surface area contributed by atoms with Gasteiger partial charge >= 0.3 is 0 Å². The van der Waals surface area contributed by atoms with E-state index in [0.29, 0.717) is 21.7 Å². The number of amides is 1. The number of hydrogen-bond donors (Lipinski definition) is 1. The number of ether oxygens (including phenoxy) is 2. The van der Waals surface area contributed by atoms with Crippen LogP contribution in [0.15, 0.2) is 42.5 Å². The standard InChI is InChI=1S/C17H15ClN2O4S/c1-10(16(21)20-22-2)23-12-4-6-13(7-5-12)24-17-19-14-8-3-11(18)9-15(14)25-17/h3-10H,1-2H3,(H,20,21)/t10-/m1/s1. The maximum atomic E-state index is 11.6. The van der Waals surface area contributed by atoms with E-state index in [0.717, 1.165) is 10.2 Å². The average molecular weight is 379 g/mol. The highest BCUT2D eigenvalue weighted by molar-refractivity contribution is 7.20. The van der Waals surface area contributed by atoms with E-state index in [-0.39, 0.29) is 5.91 Å². The number of fused-ring (bicyclic) bond motifs is 1. The van der Waals surface area contributed by atoms with Crippen LogP contribution in [0, 0.1) is 0 Å². The molecule has 3 aromatic rings. The van der Waals surface area contributed by atoms with Gasteiger partial charge in [-0.15, -0.1) is 0 Å². The number of aromatic nitrogens is 1. The molecule has 0 unspecified atom stereocenters. The lowest BCUT2D eigenvalue weighted by Crippen LogP contribution is -2.35. The largest absolute Gasteiger partial charge is 0.481 e. The van der Waals surface area contributed by atoms with Crippen molar-refractivity contribution in [1.29, 1.82) is 0 Å². The first-order valence-corrected chi connectivity index (χ1v) is 8.58. The van der Waals surface area contributed by atoms with Gasteiger partial charge in [0.1, 0.15) is 11.5 Å². The predicted molar refractivity (Wildman–Crippen MR) is 96.4 cm³/mol. The van der Waals surface area contributed by atoms with Crippen molar-refractivity contribution in [2.75, 3.05) is 7.11 Å². The third-order valence-corrected chi connectivity index (χ3v) is 4.38. The van der Waals surface area contributed by atoms with Crippen molar-refractivity contribution in [3.8, 4) is 16.7 Å². The van der Waals surface area contributed by atoms with Gasteiger partial charge in [-0.1, -0.05) is 22.9 Å². The van der Waals surface area contributed by atoms with Crippen LogP contribution < -0.4 is 15.0 Å². The maximum absolute atomic E-state index is 11.6. The van der Waals surface area contributed by atoms with E-state index in [1.165, 1.54) is 18.4 Å². The lowest BCUT2D eigenvalue weighted by atomic mass is 10.3. The van der Waals surface area contributed by atoms with Gasteiger partial charge in [-0.25, -0.2) is 10.5 Å². The van der Waals surface area contributed by atoms with E-state index in [1.807, 2.05) is 12.1 Å². The summed E-state index contributed by atoms with van der Waals surface area (Å²) in [5.41, 5.74) is 3.06. The minimum atomic E-state index is -0.680. The van der Waals surface area contributed by atoms with Crippen LogP contribution in [0.3, 0.4) is 0 Å². The molecule has 25 heavy (non-hydrogen) atoms. The van der Waals surface area contributed by atoms with Gasteiger partial charge in [0.05, 0.1) is 17.3 Å². The van der Waals surface area contributed by atoms with E-state index in [2.05, 4.69) is 15.3 Å². The predicted octanol–water partition coefficient (Wildman–Crippen LogP) is 4.19. The Morgan fingerprint density at radius 3 is 2.64 bits per heavy atom. The molecule has 0 fully saturated rings. The van der Waals surface area contributed by atoms with Crippen LogP contribution in [-0.2, 0) is 9.63 Å². The van der Waals surface area contributed by atoms with Gasteiger partial charge in [0, 0.05) is 5.02 Å². The van der Waals surface area contributed by atoms with Crippen LogP contribution in [-0.4, -0.2) is 24.1 Å². The zero-order valence-electron chi connectivity index (χ0n) is 13.5. The number of rotatable bonds is 6. The van der Waals surface area contributed by atoms with Gasteiger partial charge in [0.15, 0.2) is 6.10 Å². The molecule has 1 atom stereocenters. The highest BCUT2D eigenvalue weighted by atomic mass is 35.5. The van der Waals surface area contributed by atoms with E-state index in [9.17, 15) is 4.79 Å². The average Bonchev–Trinajstić information content (AvgIpc) is 2.98. The van der Waals surface area contributed by atoms with Crippen LogP contribution in [0.4, 0.5) is 0 Å². The summed E-state index contributed by atoms with van der Waals surface area (Å²) in [4.78, 5) is 20.5. The summed E-state index contributed by atoms with van der Waals surface area (Å²) >= 11 is 7.39. The van der Waals surface area contributed by atoms with Crippen LogP contribution >= 0.6 is 22.9 Å². The summed E-state index contributed by atoms with van der Waals surface area (Å²) in [6.07, 6.45) is -0.680. The van der Waals surface area contributed by atoms with Crippen molar-refractivity contribution >= 4 is 39.1 Å². The number of halogens is 1. The maximum Gasteiger partial charge on any atom is 0.284 e.